The van der Waals surface area contributed by atoms with E-state index in [1.54, 1.807) is 4.68 Å². The maximum absolute atomic E-state index is 11.8. The van der Waals surface area contributed by atoms with Crippen molar-refractivity contribution in [3.8, 4) is 0 Å². The monoisotopic (exact) mass is 370 g/mol. The molecule has 0 radical (unpaired) electrons. The van der Waals surface area contributed by atoms with Gasteiger partial charge in [-0.1, -0.05) is 0 Å². The molecule has 118 valence electrons. The summed E-state index contributed by atoms with van der Waals surface area (Å²) in [5, 5.41) is 21.3. The van der Waals surface area contributed by atoms with Gasteiger partial charge in [0.05, 0.1) is 40.6 Å². The summed E-state index contributed by atoms with van der Waals surface area (Å²) in [6, 6.07) is 1.30. The van der Waals surface area contributed by atoms with Crippen molar-refractivity contribution in [3.05, 3.63) is 38.7 Å². The van der Waals surface area contributed by atoms with E-state index in [1.807, 2.05) is 13.1 Å². The van der Waals surface area contributed by atoms with Gasteiger partial charge in [-0.05, 0) is 27.8 Å². The Kier molecular flexibility index (Phi) is 5.26. The Bertz CT molecular complexity index is 680. The van der Waals surface area contributed by atoms with Gasteiger partial charge in [-0.15, -0.1) is 0 Å². The van der Waals surface area contributed by atoms with Crippen molar-refractivity contribution in [2.45, 2.75) is 33.0 Å². The lowest BCUT2D eigenvalue weighted by Gasteiger charge is -2.03. The number of halogens is 1. The largest absolute Gasteiger partial charge is 0.389 e. The molecule has 2 aromatic heterocycles. The molecule has 0 atom stereocenters. The van der Waals surface area contributed by atoms with Crippen LogP contribution in [0.4, 0.5) is 5.82 Å². The van der Waals surface area contributed by atoms with Crippen LogP contribution in [0.1, 0.15) is 19.0 Å². The number of hydrogen-bond donors (Lipinski definition) is 1. The fourth-order valence-corrected chi connectivity index (χ4v) is 2.23. The topological polar surface area (TPSA) is 108 Å². The van der Waals surface area contributed by atoms with Crippen LogP contribution < -0.4 is 5.32 Å². The summed E-state index contributed by atoms with van der Waals surface area (Å²) in [4.78, 5) is 21.7. The minimum absolute atomic E-state index is 0.170. The SMILES string of the molecule is CCn1cc(Br)c(CNC(=O)CCn2ccc([N+](=O)[O-])n2)n1. The standard InChI is InChI=1S/C12H15BrN6O3/c1-2-17-8-9(13)10(15-17)7-14-12(20)4-6-18-5-3-11(16-18)19(21)22/h3,5,8H,2,4,6-7H2,1H3,(H,14,20). The van der Waals surface area contributed by atoms with Crippen LogP contribution in [0.25, 0.3) is 0 Å². The Morgan fingerprint density at radius 1 is 1.45 bits per heavy atom. The molecular formula is C12H15BrN6O3. The van der Waals surface area contributed by atoms with Gasteiger partial charge in [-0.25, -0.2) is 0 Å². The highest BCUT2D eigenvalue weighted by Crippen LogP contribution is 2.14. The maximum Gasteiger partial charge on any atom is 0.389 e. The Morgan fingerprint density at radius 3 is 2.82 bits per heavy atom. The van der Waals surface area contributed by atoms with Crippen LogP contribution in [-0.2, 0) is 24.4 Å². The second-order valence-electron chi connectivity index (χ2n) is 4.50. The Balaban J connectivity index is 1.80. The van der Waals surface area contributed by atoms with Gasteiger partial charge in [0.25, 0.3) is 0 Å². The van der Waals surface area contributed by atoms with Crippen molar-refractivity contribution in [2.24, 2.45) is 0 Å². The second-order valence-corrected chi connectivity index (χ2v) is 5.35. The lowest BCUT2D eigenvalue weighted by Crippen LogP contribution is -2.24. The summed E-state index contributed by atoms with van der Waals surface area (Å²) in [5.41, 5.74) is 0.755. The number of amides is 1. The fourth-order valence-electron chi connectivity index (χ4n) is 1.78. The molecule has 0 saturated heterocycles. The predicted octanol–water partition coefficient (Wildman–Crippen LogP) is 1.48. The number of carbonyl (C=O) groups excluding carboxylic acids is 1. The number of rotatable bonds is 7. The first kappa shape index (κ1) is 16.1. The summed E-state index contributed by atoms with van der Waals surface area (Å²) < 4.78 is 3.99. The molecule has 0 aromatic carbocycles. The van der Waals surface area contributed by atoms with Gasteiger partial charge in [0.15, 0.2) is 0 Å². The first-order valence-electron chi connectivity index (χ1n) is 6.66. The van der Waals surface area contributed by atoms with Crippen molar-refractivity contribution in [3.63, 3.8) is 0 Å². The van der Waals surface area contributed by atoms with E-state index in [9.17, 15) is 14.9 Å². The van der Waals surface area contributed by atoms with Crippen molar-refractivity contribution in [2.75, 3.05) is 0 Å². The van der Waals surface area contributed by atoms with Gasteiger partial charge in [0.1, 0.15) is 0 Å². The molecule has 2 heterocycles. The molecule has 0 spiro atoms. The molecule has 0 bridgehead atoms. The van der Waals surface area contributed by atoms with Crippen LogP contribution in [0.2, 0.25) is 0 Å². The zero-order valence-electron chi connectivity index (χ0n) is 11.9. The van der Waals surface area contributed by atoms with Gasteiger partial charge >= 0.3 is 5.82 Å². The van der Waals surface area contributed by atoms with E-state index in [2.05, 4.69) is 31.4 Å². The molecule has 0 aliphatic heterocycles. The zero-order chi connectivity index (χ0) is 16.1. The maximum atomic E-state index is 11.8. The van der Waals surface area contributed by atoms with Gasteiger partial charge < -0.3 is 15.4 Å². The molecule has 1 N–H and O–H groups in total. The average molecular weight is 371 g/mol. The molecule has 0 saturated carbocycles. The minimum atomic E-state index is -0.571. The molecular weight excluding hydrogens is 356 g/mol. The Labute approximate surface area is 134 Å². The van der Waals surface area contributed by atoms with Crippen LogP contribution in [0.15, 0.2) is 22.9 Å². The third-order valence-corrected chi connectivity index (χ3v) is 3.61. The molecule has 0 unspecified atom stereocenters. The Morgan fingerprint density at radius 2 is 2.23 bits per heavy atom. The third-order valence-electron chi connectivity index (χ3n) is 2.95. The molecule has 22 heavy (non-hydrogen) atoms. The number of nitrogens with zero attached hydrogens (tertiary/aromatic N) is 5. The van der Waals surface area contributed by atoms with Crippen molar-refractivity contribution in [1.82, 2.24) is 24.9 Å². The lowest BCUT2D eigenvalue weighted by atomic mass is 10.3. The van der Waals surface area contributed by atoms with E-state index in [-0.39, 0.29) is 24.7 Å². The van der Waals surface area contributed by atoms with Crippen LogP contribution in [-0.4, -0.2) is 30.4 Å². The first-order valence-corrected chi connectivity index (χ1v) is 7.45. The molecule has 0 aliphatic carbocycles. The lowest BCUT2D eigenvalue weighted by molar-refractivity contribution is -0.389. The second kappa shape index (κ2) is 7.16. The molecule has 2 aromatic rings. The Hall–Kier alpha value is -2.23. The van der Waals surface area contributed by atoms with Gasteiger partial charge in [-0.3, -0.25) is 9.48 Å². The van der Waals surface area contributed by atoms with Crippen molar-refractivity contribution >= 4 is 27.7 Å². The van der Waals surface area contributed by atoms with Crippen molar-refractivity contribution < 1.29 is 9.72 Å². The zero-order valence-corrected chi connectivity index (χ0v) is 13.5. The first-order chi connectivity index (χ1) is 10.5. The summed E-state index contributed by atoms with van der Waals surface area (Å²) >= 11 is 3.39. The number of aromatic nitrogens is 4. The van der Waals surface area contributed by atoms with E-state index in [0.717, 1.165) is 16.7 Å². The number of nitro groups is 1. The van der Waals surface area contributed by atoms with E-state index in [4.69, 9.17) is 0 Å². The smallest absolute Gasteiger partial charge is 0.358 e. The van der Waals surface area contributed by atoms with Gasteiger partial charge in [0.2, 0.25) is 5.91 Å². The minimum Gasteiger partial charge on any atom is -0.358 e. The normalized spacial score (nSPS) is 10.6. The number of hydrogen-bond acceptors (Lipinski definition) is 5. The molecule has 10 heteroatoms. The van der Waals surface area contributed by atoms with Gasteiger partial charge in [-0.2, -0.15) is 9.78 Å². The van der Waals surface area contributed by atoms with Crippen molar-refractivity contribution in [1.29, 1.82) is 0 Å². The predicted molar refractivity (Wildman–Crippen MR) is 80.9 cm³/mol. The highest BCUT2D eigenvalue weighted by Gasteiger charge is 2.12. The molecule has 9 nitrogen and oxygen atoms in total. The summed E-state index contributed by atoms with van der Waals surface area (Å²) in [5.74, 6) is -0.398. The number of aryl methyl sites for hydroxylation is 2. The quantitative estimate of drug-likeness (QED) is 0.586. The third kappa shape index (κ3) is 4.13. The molecule has 1 amide bonds. The highest BCUT2D eigenvalue weighted by molar-refractivity contribution is 9.10. The van der Waals surface area contributed by atoms with Crippen LogP contribution in [0, 0.1) is 10.1 Å². The fraction of sp³-hybridized carbons (Fsp3) is 0.417. The number of carbonyl (C=O) groups is 1. The van der Waals surface area contributed by atoms with Crippen LogP contribution >= 0.6 is 15.9 Å². The van der Waals surface area contributed by atoms with E-state index in [1.165, 1.54) is 16.9 Å². The average Bonchev–Trinajstić information content (AvgIpc) is 3.09. The van der Waals surface area contributed by atoms with E-state index in [0.29, 0.717) is 6.54 Å². The summed E-state index contributed by atoms with van der Waals surface area (Å²) in [7, 11) is 0. The highest BCUT2D eigenvalue weighted by atomic mass is 79.9. The number of nitrogens with one attached hydrogen (secondary N) is 1. The molecule has 2 rings (SSSR count). The molecule has 0 fully saturated rings. The molecule has 0 aliphatic rings. The van der Waals surface area contributed by atoms with Crippen LogP contribution in [0.3, 0.4) is 0 Å². The summed E-state index contributed by atoms with van der Waals surface area (Å²) in [6.45, 7) is 3.34. The van der Waals surface area contributed by atoms with Crippen LogP contribution in [0.5, 0.6) is 0 Å². The summed E-state index contributed by atoms with van der Waals surface area (Å²) in [6.07, 6.45) is 3.51. The van der Waals surface area contributed by atoms with Gasteiger partial charge in [0, 0.05) is 19.2 Å². The van der Waals surface area contributed by atoms with E-state index >= 15 is 0 Å². The van der Waals surface area contributed by atoms with E-state index < -0.39 is 4.92 Å².